The highest BCUT2D eigenvalue weighted by Crippen LogP contribution is 2.26. The van der Waals surface area contributed by atoms with Gasteiger partial charge in [0.1, 0.15) is 18.8 Å². The molecule has 1 aliphatic heterocycles. The van der Waals surface area contributed by atoms with Crippen LogP contribution in [0.1, 0.15) is 239 Å². The number of ether oxygens (including phenoxy) is 5. The molecule has 1 fully saturated rings. The van der Waals surface area contributed by atoms with Gasteiger partial charge in [0.25, 0.3) is 0 Å². The molecule has 1 saturated heterocycles. The summed E-state index contributed by atoms with van der Waals surface area (Å²) in [4.78, 5) is 51.3. The highest BCUT2D eigenvalue weighted by molar-refractivity contribution is 5.74. The second kappa shape index (κ2) is 57.3. The van der Waals surface area contributed by atoms with Gasteiger partial charge in [-0.1, -0.05) is 219 Å². The van der Waals surface area contributed by atoms with Crippen LogP contribution < -0.4 is 0 Å². The lowest BCUT2D eigenvalue weighted by Crippen LogP contribution is -2.61. The van der Waals surface area contributed by atoms with Crippen molar-refractivity contribution in [3.8, 4) is 0 Å². The minimum Gasteiger partial charge on any atom is -0.479 e. The molecule has 83 heavy (non-hydrogen) atoms. The lowest BCUT2D eigenvalue weighted by molar-refractivity contribution is -0.301. The van der Waals surface area contributed by atoms with Crippen LogP contribution in [0.15, 0.2) is 134 Å². The standard InChI is InChI=1S/C71H112O12/c1-4-7-10-13-16-19-22-25-28-30-32-34-37-39-42-45-48-51-54-57-63(72)79-60-62(81-64(73)58-55-52-49-46-43-41-38-35-33-31-29-26-23-20-17-14-11-8-5-2)61-80-71-69(67(76)66(75)68(83-71)70(77)78)82-65(74)59-56-53-50-47-44-40-36-27-24-21-18-15-12-9-6-3/h7,9-10,12,16-21,25-29,32-36,44,47,62,66-69,71,75-76H,4-6,8,11,13-15,22-24,30-31,37-43,45-46,48-61H2,1-3H3,(H,77,78)/b10-7-,12-9-,19-16-,20-17-,21-18-,28-25-,29-26-,34-32-,35-33-,36-27-,47-44-. The monoisotopic (exact) mass is 1160 g/mol. The Bertz CT molecular complexity index is 1950. The summed E-state index contributed by atoms with van der Waals surface area (Å²) < 4.78 is 28.5. The molecule has 0 saturated carbocycles. The smallest absolute Gasteiger partial charge is 0.335 e. The maximum Gasteiger partial charge on any atom is 0.335 e. The number of aliphatic hydroxyl groups excluding tert-OH is 2. The zero-order valence-corrected chi connectivity index (χ0v) is 51.6. The van der Waals surface area contributed by atoms with Crippen molar-refractivity contribution in [1.82, 2.24) is 0 Å². The van der Waals surface area contributed by atoms with E-state index in [-0.39, 0.29) is 25.9 Å². The van der Waals surface area contributed by atoms with Gasteiger partial charge in [0, 0.05) is 19.3 Å². The predicted molar refractivity (Wildman–Crippen MR) is 340 cm³/mol. The average molecular weight is 1160 g/mol. The zero-order chi connectivity index (χ0) is 60.3. The van der Waals surface area contributed by atoms with E-state index in [1.807, 2.05) is 0 Å². The van der Waals surface area contributed by atoms with E-state index in [0.717, 1.165) is 148 Å². The van der Waals surface area contributed by atoms with Crippen molar-refractivity contribution in [2.45, 2.75) is 276 Å². The van der Waals surface area contributed by atoms with Gasteiger partial charge in [0.05, 0.1) is 6.61 Å². The second-order valence-corrected chi connectivity index (χ2v) is 21.3. The summed E-state index contributed by atoms with van der Waals surface area (Å²) in [7, 11) is 0. The number of unbranched alkanes of at least 4 members (excludes halogenated alkanes) is 17. The molecule has 6 unspecified atom stereocenters. The summed E-state index contributed by atoms with van der Waals surface area (Å²) in [6.45, 7) is 5.70. The van der Waals surface area contributed by atoms with Gasteiger partial charge in [0.15, 0.2) is 24.6 Å². The first-order valence-electron chi connectivity index (χ1n) is 32.2. The van der Waals surface area contributed by atoms with Crippen LogP contribution in [0.3, 0.4) is 0 Å². The highest BCUT2D eigenvalue weighted by Gasteiger charge is 2.50. The van der Waals surface area contributed by atoms with Gasteiger partial charge in [0.2, 0.25) is 0 Å². The summed E-state index contributed by atoms with van der Waals surface area (Å²) in [6, 6.07) is 0. The Kier molecular flexibility index (Phi) is 52.4. The fraction of sp³-hybridized carbons (Fsp3) is 0.634. The number of carbonyl (C=O) groups excluding carboxylic acids is 3. The van der Waals surface area contributed by atoms with E-state index in [9.17, 15) is 34.5 Å². The Morgan fingerprint density at radius 1 is 0.410 bits per heavy atom. The van der Waals surface area contributed by atoms with Gasteiger partial charge < -0.3 is 39.0 Å². The third-order valence-electron chi connectivity index (χ3n) is 13.7. The first-order chi connectivity index (χ1) is 40.6. The molecule has 0 radical (unpaired) electrons. The predicted octanol–water partition coefficient (Wildman–Crippen LogP) is 17.3. The molecule has 0 spiro atoms. The molecule has 1 heterocycles. The zero-order valence-electron chi connectivity index (χ0n) is 51.6. The van der Waals surface area contributed by atoms with Crippen LogP contribution >= 0.6 is 0 Å². The van der Waals surface area contributed by atoms with E-state index in [2.05, 4.69) is 154 Å². The van der Waals surface area contributed by atoms with Gasteiger partial charge >= 0.3 is 23.9 Å². The molecular weight excluding hydrogens is 1040 g/mol. The summed E-state index contributed by atoms with van der Waals surface area (Å²) in [5.74, 6) is -3.22. The minimum absolute atomic E-state index is 0.00192. The van der Waals surface area contributed by atoms with Crippen molar-refractivity contribution < 1.29 is 58.2 Å². The van der Waals surface area contributed by atoms with Crippen molar-refractivity contribution in [3.63, 3.8) is 0 Å². The SMILES string of the molecule is CC/C=C\C/C=C\C/C=C\C/C=C\CCCCCCCCC(=O)OCC(COC1OC(C(=O)O)C(O)C(O)C1OC(=O)CCCC/C=C\C/C=C\C/C=C\C/C=C\CC)OC(=O)CCCCCCCC/C=C\C/C=C\C/C=C\CCCCC. The molecule has 0 aromatic heterocycles. The fourth-order valence-electron chi connectivity index (χ4n) is 8.83. The summed E-state index contributed by atoms with van der Waals surface area (Å²) >= 11 is 0. The molecule has 0 aromatic carbocycles. The van der Waals surface area contributed by atoms with Crippen LogP contribution in [-0.2, 0) is 42.9 Å². The number of aliphatic carboxylic acids is 1. The largest absolute Gasteiger partial charge is 0.479 e. The Morgan fingerprint density at radius 3 is 1.18 bits per heavy atom. The van der Waals surface area contributed by atoms with Crippen LogP contribution in [0.5, 0.6) is 0 Å². The third kappa shape index (κ3) is 46.9. The minimum atomic E-state index is -1.93. The third-order valence-corrected chi connectivity index (χ3v) is 13.7. The number of carboxylic acid groups (broad SMARTS) is 1. The van der Waals surface area contributed by atoms with E-state index in [1.165, 1.54) is 25.7 Å². The van der Waals surface area contributed by atoms with Gasteiger partial charge in [-0.05, 0) is 135 Å². The summed E-state index contributed by atoms with van der Waals surface area (Å²) in [6.07, 6.45) is 68.3. The first kappa shape index (κ1) is 75.9. The molecule has 0 amide bonds. The van der Waals surface area contributed by atoms with E-state index < -0.39 is 67.3 Å². The molecule has 1 rings (SSSR count). The van der Waals surface area contributed by atoms with Crippen molar-refractivity contribution in [2.75, 3.05) is 13.2 Å². The number of aliphatic hydroxyl groups is 2. The molecule has 0 aromatic rings. The molecule has 1 aliphatic rings. The van der Waals surface area contributed by atoms with Crippen molar-refractivity contribution in [2.24, 2.45) is 0 Å². The molecule has 0 aliphatic carbocycles. The van der Waals surface area contributed by atoms with Crippen LogP contribution in [0.2, 0.25) is 0 Å². The van der Waals surface area contributed by atoms with Crippen molar-refractivity contribution in [1.29, 1.82) is 0 Å². The number of esters is 3. The first-order valence-corrected chi connectivity index (χ1v) is 32.2. The van der Waals surface area contributed by atoms with Gasteiger partial charge in [-0.2, -0.15) is 0 Å². The molecule has 468 valence electrons. The van der Waals surface area contributed by atoms with Crippen LogP contribution in [0.25, 0.3) is 0 Å². The topological polar surface area (TPSA) is 175 Å². The maximum atomic E-state index is 13.2. The van der Waals surface area contributed by atoms with E-state index in [1.54, 1.807) is 0 Å². The molecule has 12 nitrogen and oxygen atoms in total. The summed E-state index contributed by atoms with van der Waals surface area (Å²) in [5.41, 5.74) is 0. The fourth-order valence-corrected chi connectivity index (χ4v) is 8.83. The highest BCUT2D eigenvalue weighted by atomic mass is 16.7. The second-order valence-electron chi connectivity index (χ2n) is 21.3. The van der Waals surface area contributed by atoms with E-state index in [4.69, 9.17) is 23.7 Å². The van der Waals surface area contributed by atoms with Crippen LogP contribution in [0, 0.1) is 0 Å². The Labute approximate surface area is 502 Å². The molecule has 0 bridgehead atoms. The van der Waals surface area contributed by atoms with Gasteiger partial charge in [-0.25, -0.2) is 4.79 Å². The molecule has 12 heteroatoms. The quantitative estimate of drug-likeness (QED) is 0.0228. The average Bonchev–Trinajstić information content (AvgIpc) is 3.58. The van der Waals surface area contributed by atoms with E-state index >= 15 is 0 Å². The van der Waals surface area contributed by atoms with Crippen LogP contribution in [0.4, 0.5) is 0 Å². The maximum absolute atomic E-state index is 13.2. The lowest BCUT2D eigenvalue weighted by atomic mass is 9.98. The lowest BCUT2D eigenvalue weighted by Gasteiger charge is -2.40. The van der Waals surface area contributed by atoms with E-state index in [0.29, 0.717) is 25.7 Å². The number of rotatable bonds is 53. The van der Waals surface area contributed by atoms with Crippen molar-refractivity contribution >= 4 is 23.9 Å². The number of allylic oxidation sites excluding steroid dienone is 22. The van der Waals surface area contributed by atoms with Gasteiger partial charge in [-0.15, -0.1) is 0 Å². The Hall–Kier alpha value is -5.14. The van der Waals surface area contributed by atoms with Gasteiger partial charge in [-0.3, -0.25) is 14.4 Å². The van der Waals surface area contributed by atoms with Crippen LogP contribution in [-0.4, -0.2) is 89.2 Å². The summed E-state index contributed by atoms with van der Waals surface area (Å²) in [5, 5.41) is 31.6. The molecule has 3 N–H and O–H groups in total. The molecular formula is C71H112O12. The number of carboxylic acids is 1. The Balaban J connectivity index is 2.72. The normalized spacial score (nSPS) is 18.5. The number of hydrogen-bond acceptors (Lipinski definition) is 11. The van der Waals surface area contributed by atoms with Crippen molar-refractivity contribution in [3.05, 3.63) is 134 Å². The Morgan fingerprint density at radius 2 is 0.759 bits per heavy atom. The molecule has 6 atom stereocenters. The number of hydrogen-bond donors (Lipinski definition) is 3. The number of carbonyl (C=O) groups is 4.